The topological polar surface area (TPSA) is 18.5 Å². The van der Waals surface area contributed by atoms with Gasteiger partial charge in [0.15, 0.2) is 0 Å². The number of nitrogens with one attached hydrogen (secondary N) is 1. The molecule has 19 heavy (non-hydrogen) atoms. The summed E-state index contributed by atoms with van der Waals surface area (Å²) in [5.41, 5.74) is 0.443. The van der Waals surface area contributed by atoms with Crippen LogP contribution in [-0.4, -0.2) is 62.7 Å². The second kappa shape index (κ2) is 7.05. The van der Waals surface area contributed by atoms with Crippen LogP contribution in [0.4, 0.5) is 0 Å². The molecule has 112 valence electrons. The maximum atomic E-state index is 3.64. The molecule has 1 saturated heterocycles. The Hall–Kier alpha value is -0.120. The summed E-state index contributed by atoms with van der Waals surface area (Å²) >= 11 is 0. The first-order valence-corrected chi connectivity index (χ1v) is 8.19. The van der Waals surface area contributed by atoms with E-state index < -0.39 is 0 Å². The van der Waals surface area contributed by atoms with Gasteiger partial charge in [0.25, 0.3) is 0 Å². The van der Waals surface area contributed by atoms with Gasteiger partial charge in [0.1, 0.15) is 0 Å². The van der Waals surface area contributed by atoms with E-state index in [4.69, 9.17) is 0 Å². The van der Waals surface area contributed by atoms with Gasteiger partial charge in [-0.1, -0.05) is 19.3 Å². The van der Waals surface area contributed by atoms with Crippen molar-refractivity contribution in [2.75, 3.05) is 47.3 Å². The lowest BCUT2D eigenvalue weighted by atomic mass is 9.79. The molecule has 1 heterocycles. The zero-order valence-electron chi connectivity index (χ0n) is 13.2. The molecule has 1 aliphatic carbocycles. The third kappa shape index (κ3) is 4.44. The Morgan fingerprint density at radius 3 is 2.58 bits per heavy atom. The number of likely N-dealkylation sites (tertiary alicyclic amines) is 1. The van der Waals surface area contributed by atoms with Crippen molar-refractivity contribution in [2.24, 2.45) is 5.92 Å². The van der Waals surface area contributed by atoms with Gasteiger partial charge in [-0.05, 0) is 65.8 Å². The smallest absolute Gasteiger partial charge is 0.0190 e. The first-order valence-electron chi connectivity index (χ1n) is 8.19. The summed E-state index contributed by atoms with van der Waals surface area (Å²) in [6.45, 7) is 5.12. The van der Waals surface area contributed by atoms with Crippen LogP contribution in [0.15, 0.2) is 0 Å². The molecule has 1 saturated carbocycles. The van der Waals surface area contributed by atoms with Gasteiger partial charge in [-0.15, -0.1) is 0 Å². The van der Waals surface area contributed by atoms with Crippen molar-refractivity contribution < 1.29 is 0 Å². The van der Waals surface area contributed by atoms with Crippen molar-refractivity contribution in [2.45, 2.75) is 50.5 Å². The van der Waals surface area contributed by atoms with E-state index in [1.54, 1.807) is 0 Å². The molecule has 2 aliphatic rings. The van der Waals surface area contributed by atoms with Gasteiger partial charge in [-0.25, -0.2) is 0 Å². The van der Waals surface area contributed by atoms with E-state index in [2.05, 4.69) is 36.3 Å². The number of rotatable bonds is 6. The average Bonchev–Trinajstić information content (AvgIpc) is 2.83. The van der Waals surface area contributed by atoms with E-state index in [0.29, 0.717) is 5.54 Å². The SMILES string of the molecule is CNC1(CCN(C)CC2CCN(C)C2)CCCCC1. The summed E-state index contributed by atoms with van der Waals surface area (Å²) in [7, 11) is 6.72. The molecule has 0 bridgehead atoms. The molecule has 0 aromatic rings. The molecule has 3 heteroatoms. The molecule has 2 rings (SSSR count). The van der Waals surface area contributed by atoms with Crippen LogP contribution in [0.25, 0.3) is 0 Å². The molecule has 3 nitrogen and oxygen atoms in total. The third-order valence-electron chi connectivity index (χ3n) is 5.37. The van der Waals surface area contributed by atoms with Crippen LogP contribution >= 0.6 is 0 Å². The van der Waals surface area contributed by atoms with Crippen molar-refractivity contribution in [3.63, 3.8) is 0 Å². The predicted octanol–water partition coefficient (Wildman–Crippen LogP) is 2.18. The maximum Gasteiger partial charge on any atom is 0.0190 e. The van der Waals surface area contributed by atoms with Gasteiger partial charge in [-0.2, -0.15) is 0 Å². The molecule has 0 aromatic heterocycles. The summed E-state index contributed by atoms with van der Waals surface area (Å²) < 4.78 is 0. The van der Waals surface area contributed by atoms with Crippen molar-refractivity contribution in [3.05, 3.63) is 0 Å². The lowest BCUT2D eigenvalue weighted by Gasteiger charge is -2.38. The predicted molar refractivity (Wildman–Crippen MR) is 82.6 cm³/mol. The van der Waals surface area contributed by atoms with Gasteiger partial charge >= 0.3 is 0 Å². The maximum absolute atomic E-state index is 3.64. The molecule has 0 radical (unpaired) electrons. The number of hydrogen-bond donors (Lipinski definition) is 1. The molecule has 2 fully saturated rings. The summed E-state index contributed by atoms with van der Waals surface area (Å²) in [5.74, 6) is 0.895. The Kier molecular flexibility index (Phi) is 5.67. The molecule has 1 aliphatic heterocycles. The lowest BCUT2D eigenvalue weighted by molar-refractivity contribution is 0.186. The fraction of sp³-hybridized carbons (Fsp3) is 1.00. The molecule has 0 aromatic carbocycles. The van der Waals surface area contributed by atoms with Crippen LogP contribution < -0.4 is 5.32 Å². The minimum Gasteiger partial charge on any atom is -0.314 e. The summed E-state index contributed by atoms with van der Waals surface area (Å²) in [6, 6.07) is 0. The highest BCUT2D eigenvalue weighted by Crippen LogP contribution is 2.30. The Balaban J connectivity index is 1.71. The molecule has 0 spiro atoms. The minimum absolute atomic E-state index is 0.443. The van der Waals surface area contributed by atoms with E-state index in [1.165, 1.54) is 71.1 Å². The normalized spacial score (nSPS) is 28.1. The quantitative estimate of drug-likeness (QED) is 0.796. The number of hydrogen-bond acceptors (Lipinski definition) is 3. The summed E-state index contributed by atoms with van der Waals surface area (Å²) in [6.07, 6.45) is 9.73. The van der Waals surface area contributed by atoms with Crippen LogP contribution in [0.5, 0.6) is 0 Å². The fourth-order valence-corrected chi connectivity index (χ4v) is 3.97. The highest BCUT2D eigenvalue weighted by molar-refractivity contribution is 4.90. The summed E-state index contributed by atoms with van der Waals surface area (Å²) in [4.78, 5) is 5.03. The van der Waals surface area contributed by atoms with Crippen molar-refractivity contribution >= 4 is 0 Å². The summed E-state index contributed by atoms with van der Waals surface area (Å²) in [5, 5.41) is 3.64. The van der Waals surface area contributed by atoms with E-state index in [-0.39, 0.29) is 0 Å². The Bertz CT molecular complexity index is 261. The van der Waals surface area contributed by atoms with Gasteiger partial charge in [0.2, 0.25) is 0 Å². The van der Waals surface area contributed by atoms with Crippen molar-refractivity contribution in [1.29, 1.82) is 0 Å². The highest BCUT2D eigenvalue weighted by Gasteiger charge is 2.30. The first kappa shape index (κ1) is 15.3. The third-order valence-corrected chi connectivity index (χ3v) is 5.37. The Labute approximate surface area is 119 Å². The average molecular weight is 267 g/mol. The van der Waals surface area contributed by atoms with Gasteiger partial charge in [0.05, 0.1) is 0 Å². The molecule has 0 amide bonds. The second-order valence-corrected chi connectivity index (χ2v) is 7.02. The van der Waals surface area contributed by atoms with Crippen molar-refractivity contribution in [1.82, 2.24) is 15.1 Å². The largest absolute Gasteiger partial charge is 0.314 e. The number of nitrogens with zero attached hydrogens (tertiary/aromatic N) is 2. The Morgan fingerprint density at radius 1 is 1.26 bits per heavy atom. The zero-order valence-corrected chi connectivity index (χ0v) is 13.2. The molecule has 1 unspecified atom stereocenters. The van der Waals surface area contributed by atoms with E-state index >= 15 is 0 Å². The highest BCUT2D eigenvalue weighted by atomic mass is 15.1. The zero-order chi connectivity index (χ0) is 13.7. The fourth-order valence-electron chi connectivity index (χ4n) is 3.97. The van der Waals surface area contributed by atoms with Crippen LogP contribution in [0.3, 0.4) is 0 Å². The second-order valence-electron chi connectivity index (χ2n) is 7.02. The van der Waals surface area contributed by atoms with Crippen LogP contribution in [0.1, 0.15) is 44.9 Å². The molecular weight excluding hydrogens is 234 g/mol. The molecule has 1 N–H and O–H groups in total. The van der Waals surface area contributed by atoms with Crippen LogP contribution in [0, 0.1) is 5.92 Å². The van der Waals surface area contributed by atoms with E-state index in [9.17, 15) is 0 Å². The lowest BCUT2D eigenvalue weighted by Crippen LogP contribution is -2.47. The van der Waals surface area contributed by atoms with Crippen LogP contribution in [0.2, 0.25) is 0 Å². The Morgan fingerprint density at radius 2 is 2.00 bits per heavy atom. The van der Waals surface area contributed by atoms with Crippen molar-refractivity contribution in [3.8, 4) is 0 Å². The first-order chi connectivity index (χ1) is 9.13. The van der Waals surface area contributed by atoms with Gasteiger partial charge in [0, 0.05) is 18.6 Å². The van der Waals surface area contributed by atoms with Crippen LogP contribution in [-0.2, 0) is 0 Å². The molecular formula is C16H33N3. The van der Waals surface area contributed by atoms with E-state index in [0.717, 1.165) is 5.92 Å². The monoisotopic (exact) mass is 267 g/mol. The minimum atomic E-state index is 0.443. The standard InChI is InChI=1S/C16H33N3/c1-17-16(8-5-4-6-9-16)10-12-19(3)14-15-7-11-18(2)13-15/h15,17H,4-14H2,1-3H3. The molecule has 1 atom stereocenters. The van der Waals surface area contributed by atoms with E-state index in [1.807, 2.05) is 0 Å². The van der Waals surface area contributed by atoms with Gasteiger partial charge in [-0.3, -0.25) is 0 Å². The van der Waals surface area contributed by atoms with Gasteiger partial charge < -0.3 is 15.1 Å².